The molecular weight excluding hydrogens is 436 g/mol. The van der Waals surface area contributed by atoms with Crippen molar-refractivity contribution in [2.45, 2.75) is 4.90 Å². The summed E-state index contributed by atoms with van der Waals surface area (Å²) in [6, 6.07) is 15.8. The van der Waals surface area contributed by atoms with Crippen LogP contribution in [0.15, 0.2) is 65.7 Å². The average molecular weight is 455 g/mol. The van der Waals surface area contributed by atoms with Crippen LogP contribution in [0, 0.1) is 0 Å². The van der Waals surface area contributed by atoms with Crippen molar-refractivity contribution in [3.05, 3.63) is 65.8 Å². The van der Waals surface area contributed by atoms with Gasteiger partial charge in [-0.25, -0.2) is 23.5 Å². The Morgan fingerprint density at radius 2 is 1.77 bits per heavy atom. The Morgan fingerprint density at radius 1 is 1.03 bits per heavy atom. The first-order valence-electron chi connectivity index (χ1n) is 9.26. The van der Waals surface area contributed by atoms with Gasteiger partial charge in [0.1, 0.15) is 5.52 Å². The van der Waals surface area contributed by atoms with Crippen LogP contribution >= 0.6 is 11.6 Å². The molecule has 158 valence electrons. The predicted molar refractivity (Wildman–Crippen MR) is 123 cm³/mol. The maximum absolute atomic E-state index is 11.6. The van der Waals surface area contributed by atoms with Crippen LogP contribution in [0.2, 0.25) is 5.02 Å². The first kappa shape index (κ1) is 21.0. The Labute approximate surface area is 184 Å². The highest BCUT2D eigenvalue weighted by Crippen LogP contribution is 2.42. The number of hydrogen-bond acceptors (Lipinski definition) is 6. The molecule has 7 nitrogen and oxygen atoms in total. The molecule has 1 heterocycles. The number of halogens is 1. The van der Waals surface area contributed by atoms with Gasteiger partial charge in [-0.05, 0) is 47.0 Å². The minimum Gasteiger partial charge on any atom is -0.494 e. The molecule has 1 aromatic heterocycles. The lowest BCUT2D eigenvalue weighted by Gasteiger charge is -2.16. The van der Waals surface area contributed by atoms with Crippen LogP contribution in [0.5, 0.6) is 5.75 Å². The Bertz CT molecular complexity index is 1390. The van der Waals surface area contributed by atoms with E-state index in [-0.39, 0.29) is 4.90 Å². The number of benzene rings is 3. The van der Waals surface area contributed by atoms with Crippen molar-refractivity contribution in [2.24, 2.45) is 5.14 Å². The smallest absolute Gasteiger partial charge is 0.238 e. The highest BCUT2D eigenvalue weighted by atomic mass is 35.5. The number of sulfonamides is 1. The second-order valence-corrected chi connectivity index (χ2v) is 8.79. The van der Waals surface area contributed by atoms with Crippen LogP contribution in [0.4, 0.5) is 5.95 Å². The second-order valence-electron chi connectivity index (χ2n) is 6.79. The molecule has 0 saturated carbocycles. The summed E-state index contributed by atoms with van der Waals surface area (Å²) in [5, 5.41) is 9.58. The van der Waals surface area contributed by atoms with Gasteiger partial charge in [0.05, 0.1) is 12.0 Å². The van der Waals surface area contributed by atoms with Gasteiger partial charge < -0.3 is 10.1 Å². The largest absolute Gasteiger partial charge is 0.494 e. The monoisotopic (exact) mass is 454 g/mol. The molecule has 0 radical (unpaired) electrons. The molecule has 0 spiro atoms. The van der Waals surface area contributed by atoms with Gasteiger partial charge in [-0.15, -0.1) is 0 Å². The number of nitrogens with two attached hydrogens (primary N) is 1. The minimum absolute atomic E-state index is 0.0332. The fourth-order valence-electron chi connectivity index (χ4n) is 3.43. The highest BCUT2D eigenvalue weighted by Gasteiger charge is 2.18. The van der Waals surface area contributed by atoms with Gasteiger partial charge in [0.2, 0.25) is 16.0 Å². The third kappa shape index (κ3) is 4.05. The van der Waals surface area contributed by atoms with Crippen molar-refractivity contribution in [1.82, 2.24) is 9.97 Å². The lowest BCUT2D eigenvalue weighted by atomic mass is 9.94. The fourth-order valence-corrected chi connectivity index (χ4v) is 4.13. The van der Waals surface area contributed by atoms with Crippen molar-refractivity contribution in [3.8, 4) is 28.0 Å². The van der Waals surface area contributed by atoms with Crippen molar-refractivity contribution in [1.29, 1.82) is 0 Å². The van der Waals surface area contributed by atoms with Gasteiger partial charge in [0.15, 0.2) is 5.75 Å². The summed E-state index contributed by atoms with van der Waals surface area (Å²) in [5.74, 6) is 0.993. The van der Waals surface area contributed by atoms with E-state index in [4.69, 9.17) is 21.5 Å². The normalized spacial score (nSPS) is 11.5. The van der Waals surface area contributed by atoms with Crippen molar-refractivity contribution in [3.63, 3.8) is 0 Å². The molecule has 4 rings (SSSR count). The molecule has 0 saturated heterocycles. The van der Waals surface area contributed by atoms with Crippen LogP contribution in [0.25, 0.3) is 33.2 Å². The summed E-state index contributed by atoms with van der Waals surface area (Å²) in [6.07, 6.45) is 1.74. The zero-order valence-corrected chi connectivity index (χ0v) is 18.3. The Kier molecular flexibility index (Phi) is 5.53. The zero-order valence-electron chi connectivity index (χ0n) is 16.8. The van der Waals surface area contributed by atoms with E-state index in [2.05, 4.69) is 15.3 Å². The number of ether oxygens (including phenoxy) is 1. The molecule has 0 unspecified atom stereocenters. The van der Waals surface area contributed by atoms with Crippen LogP contribution < -0.4 is 15.2 Å². The average Bonchev–Trinajstić information content (AvgIpc) is 2.77. The Balaban J connectivity index is 2.04. The molecule has 0 amide bonds. The van der Waals surface area contributed by atoms with E-state index in [1.807, 2.05) is 24.3 Å². The van der Waals surface area contributed by atoms with Crippen LogP contribution in [-0.2, 0) is 10.0 Å². The lowest BCUT2D eigenvalue weighted by Crippen LogP contribution is -2.11. The van der Waals surface area contributed by atoms with Gasteiger partial charge in [0, 0.05) is 29.2 Å². The van der Waals surface area contributed by atoms with Crippen LogP contribution in [0.1, 0.15) is 0 Å². The van der Waals surface area contributed by atoms with Crippen LogP contribution in [-0.4, -0.2) is 32.5 Å². The van der Waals surface area contributed by atoms with E-state index in [9.17, 15) is 8.42 Å². The van der Waals surface area contributed by atoms with E-state index < -0.39 is 10.0 Å². The van der Waals surface area contributed by atoms with Crippen molar-refractivity contribution < 1.29 is 13.2 Å². The highest BCUT2D eigenvalue weighted by molar-refractivity contribution is 7.89. The molecule has 0 atom stereocenters. The van der Waals surface area contributed by atoms with E-state index in [0.29, 0.717) is 22.2 Å². The maximum atomic E-state index is 11.6. The number of methoxy groups -OCH3 is 1. The molecule has 0 aliphatic heterocycles. The molecule has 0 bridgehead atoms. The summed E-state index contributed by atoms with van der Waals surface area (Å²) in [7, 11) is -0.488. The molecule has 3 aromatic carbocycles. The summed E-state index contributed by atoms with van der Waals surface area (Å²) >= 11 is 6.23. The number of hydrogen-bond donors (Lipinski definition) is 2. The maximum Gasteiger partial charge on any atom is 0.238 e. The first-order chi connectivity index (χ1) is 14.8. The zero-order chi connectivity index (χ0) is 22.2. The van der Waals surface area contributed by atoms with Gasteiger partial charge in [-0.3, -0.25) is 0 Å². The Hall–Kier alpha value is -3.20. The quantitative estimate of drug-likeness (QED) is 0.465. The molecule has 0 fully saturated rings. The molecule has 31 heavy (non-hydrogen) atoms. The number of anilines is 1. The van der Waals surface area contributed by atoms with Gasteiger partial charge in [-0.1, -0.05) is 35.9 Å². The van der Waals surface area contributed by atoms with Crippen molar-refractivity contribution >= 4 is 38.5 Å². The third-order valence-electron chi connectivity index (χ3n) is 4.88. The predicted octanol–water partition coefficient (Wildman–Crippen LogP) is 4.31. The lowest BCUT2D eigenvalue weighted by molar-refractivity contribution is 0.420. The molecule has 9 heteroatoms. The third-order valence-corrected chi connectivity index (χ3v) is 6.05. The summed E-state index contributed by atoms with van der Waals surface area (Å²) in [5.41, 5.74) is 3.87. The van der Waals surface area contributed by atoms with E-state index in [1.54, 1.807) is 38.6 Å². The molecule has 4 aromatic rings. The number of nitrogens with zero attached hydrogens (tertiary/aromatic N) is 2. The SMILES string of the molecule is CNc1ncc2c(-c3cccc(Cl)c3)cc(-c3ccc(S(N)(=O)=O)cc3)c(OC)c2n1. The number of fused-ring (bicyclic) bond motifs is 1. The van der Waals surface area contributed by atoms with Gasteiger partial charge >= 0.3 is 0 Å². The molecule has 3 N–H and O–H groups in total. The number of primary sulfonamides is 1. The number of rotatable bonds is 5. The summed E-state index contributed by atoms with van der Waals surface area (Å²) in [6.45, 7) is 0. The summed E-state index contributed by atoms with van der Waals surface area (Å²) < 4.78 is 29.0. The van der Waals surface area contributed by atoms with Gasteiger partial charge in [0.25, 0.3) is 0 Å². The molecular formula is C22H19ClN4O3S. The fraction of sp³-hybridized carbons (Fsp3) is 0.0909. The molecule has 0 aliphatic carbocycles. The van der Waals surface area contributed by atoms with E-state index in [1.165, 1.54) is 12.1 Å². The molecule has 0 aliphatic rings. The standard InChI is InChI=1S/C22H19ClN4O3S/c1-25-22-26-12-19-17(14-4-3-5-15(23)10-14)11-18(21(30-2)20(19)27-22)13-6-8-16(9-7-13)31(24,28)29/h3-12H,1-2H3,(H2,24,28,29)(H,25,26,27). The first-order valence-corrected chi connectivity index (χ1v) is 11.2. The van der Waals surface area contributed by atoms with Crippen molar-refractivity contribution in [2.75, 3.05) is 19.5 Å². The number of aromatic nitrogens is 2. The van der Waals surface area contributed by atoms with E-state index >= 15 is 0 Å². The minimum atomic E-state index is -3.79. The van der Waals surface area contributed by atoms with E-state index in [0.717, 1.165) is 27.6 Å². The number of nitrogens with one attached hydrogen (secondary N) is 1. The van der Waals surface area contributed by atoms with Gasteiger partial charge in [-0.2, -0.15) is 0 Å². The second kappa shape index (κ2) is 8.14. The topological polar surface area (TPSA) is 107 Å². The summed E-state index contributed by atoms with van der Waals surface area (Å²) in [4.78, 5) is 9.01. The van der Waals surface area contributed by atoms with Crippen LogP contribution in [0.3, 0.4) is 0 Å². The Morgan fingerprint density at radius 3 is 2.39 bits per heavy atom.